The zero-order valence-electron chi connectivity index (χ0n) is 14.2. The number of fused-ring (bicyclic) bond motifs is 1. The van der Waals surface area contributed by atoms with E-state index in [0.29, 0.717) is 12.2 Å². The van der Waals surface area contributed by atoms with Crippen LogP contribution < -0.4 is 0 Å². The SMILES string of the molecule is CCC/C(=C\c1ccc(O)c2ccccc12)CC[C@@H](O)/C=C\CO. The Hall–Kier alpha value is -2.10. The third-order valence-corrected chi connectivity index (χ3v) is 4.09. The third kappa shape index (κ3) is 4.95. The van der Waals surface area contributed by atoms with E-state index in [1.165, 1.54) is 5.57 Å². The fraction of sp³-hybridized carbons (Fsp3) is 0.333. The second kappa shape index (κ2) is 9.26. The molecular weight excluding hydrogens is 300 g/mol. The molecule has 3 N–H and O–H groups in total. The average molecular weight is 326 g/mol. The first kappa shape index (κ1) is 18.2. The number of allylic oxidation sites excluding steroid dienone is 1. The molecule has 0 unspecified atom stereocenters. The van der Waals surface area contributed by atoms with Gasteiger partial charge in [-0.1, -0.05) is 67.5 Å². The monoisotopic (exact) mass is 326 g/mol. The summed E-state index contributed by atoms with van der Waals surface area (Å²) in [5, 5.41) is 30.6. The summed E-state index contributed by atoms with van der Waals surface area (Å²) in [5.41, 5.74) is 2.37. The van der Waals surface area contributed by atoms with Gasteiger partial charge in [-0.05, 0) is 36.3 Å². The molecule has 2 aromatic carbocycles. The van der Waals surface area contributed by atoms with E-state index in [4.69, 9.17) is 5.11 Å². The molecule has 0 fully saturated rings. The maximum absolute atomic E-state index is 10.0. The highest BCUT2D eigenvalue weighted by atomic mass is 16.3. The molecule has 0 bridgehead atoms. The lowest BCUT2D eigenvalue weighted by atomic mass is 9.97. The Morgan fingerprint density at radius 2 is 1.83 bits per heavy atom. The van der Waals surface area contributed by atoms with Crippen LogP contribution in [0.3, 0.4) is 0 Å². The molecule has 0 saturated carbocycles. The predicted octanol–water partition coefficient (Wildman–Crippen LogP) is 4.42. The van der Waals surface area contributed by atoms with Crippen molar-refractivity contribution in [2.24, 2.45) is 0 Å². The first-order valence-corrected chi connectivity index (χ1v) is 8.51. The second-order valence-corrected chi connectivity index (χ2v) is 5.99. The Morgan fingerprint density at radius 1 is 1.08 bits per heavy atom. The molecule has 0 amide bonds. The van der Waals surface area contributed by atoms with Gasteiger partial charge in [-0.2, -0.15) is 0 Å². The van der Waals surface area contributed by atoms with Gasteiger partial charge in [-0.15, -0.1) is 0 Å². The summed E-state index contributed by atoms with van der Waals surface area (Å²) in [6, 6.07) is 11.5. The highest BCUT2D eigenvalue weighted by Gasteiger charge is 2.06. The lowest BCUT2D eigenvalue weighted by Crippen LogP contribution is -2.03. The Bertz CT molecular complexity index is 716. The van der Waals surface area contributed by atoms with Crippen molar-refractivity contribution in [1.29, 1.82) is 0 Å². The zero-order chi connectivity index (χ0) is 17.4. The predicted molar refractivity (Wildman–Crippen MR) is 100.0 cm³/mol. The van der Waals surface area contributed by atoms with Gasteiger partial charge in [0.05, 0.1) is 12.7 Å². The van der Waals surface area contributed by atoms with E-state index < -0.39 is 6.10 Å². The van der Waals surface area contributed by atoms with Crippen molar-refractivity contribution in [2.75, 3.05) is 6.61 Å². The number of aromatic hydroxyl groups is 1. The van der Waals surface area contributed by atoms with Crippen molar-refractivity contribution in [3.8, 4) is 5.75 Å². The number of phenolic OH excluding ortho intramolecular Hbond substituents is 1. The molecule has 0 heterocycles. The summed E-state index contributed by atoms with van der Waals surface area (Å²) in [7, 11) is 0. The Morgan fingerprint density at radius 3 is 2.54 bits per heavy atom. The highest BCUT2D eigenvalue weighted by Crippen LogP contribution is 2.30. The summed E-state index contributed by atoms with van der Waals surface area (Å²) >= 11 is 0. The fourth-order valence-electron chi connectivity index (χ4n) is 2.89. The van der Waals surface area contributed by atoms with Crippen LogP contribution in [0.25, 0.3) is 16.8 Å². The van der Waals surface area contributed by atoms with Crippen LogP contribution in [0.2, 0.25) is 0 Å². The van der Waals surface area contributed by atoms with Crippen LogP contribution in [0.4, 0.5) is 0 Å². The van der Waals surface area contributed by atoms with Crippen LogP contribution in [-0.4, -0.2) is 28.0 Å². The van der Waals surface area contributed by atoms with E-state index in [-0.39, 0.29) is 6.61 Å². The normalized spacial score (nSPS) is 13.7. The molecule has 0 saturated heterocycles. The Labute approximate surface area is 143 Å². The second-order valence-electron chi connectivity index (χ2n) is 5.99. The van der Waals surface area contributed by atoms with E-state index in [0.717, 1.165) is 35.6 Å². The van der Waals surface area contributed by atoms with Gasteiger partial charge in [-0.25, -0.2) is 0 Å². The summed E-state index contributed by atoms with van der Waals surface area (Å²) in [4.78, 5) is 0. The van der Waals surface area contributed by atoms with Crippen LogP contribution in [0.5, 0.6) is 5.75 Å². The molecule has 0 aliphatic rings. The topological polar surface area (TPSA) is 60.7 Å². The smallest absolute Gasteiger partial charge is 0.123 e. The first-order chi connectivity index (χ1) is 11.7. The van der Waals surface area contributed by atoms with Gasteiger partial charge in [0, 0.05) is 5.39 Å². The van der Waals surface area contributed by atoms with E-state index in [1.54, 1.807) is 18.2 Å². The van der Waals surface area contributed by atoms with E-state index in [2.05, 4.69) is 13.0 Å². The minimum absolute atomic E-state index is 0.0474. The van der Waals surface area contributed by atoms with Crippen molar-refractivity contribution < 1.29 is 15.3 Å². The quantitative estimate of drug-likeness (QED) is 0.629. The van der Waals surface area contributed by atoms with Crippen LogP contribution in [0, 0.1) is 0 Å². The number of benzene rings is 2. The van der Waals surface area contributed by atoms with Crippen molar-refractivity contribution in [2.45, 2.75) is 38.7 Å². The van der Waals surface area contributed by atoms with Gasteiger partial charge < -0.3 is 15.3 Å². The number of aliphatic hydroxyl groups excluding tert-OH is 2. The molecular formula is C21H26O3. The minimum atomic E-state index is -0.533. The number of hydrogen-bond donors (Lipinski definition) is 3. The van der Waals surface area contributed by atoms with Crippen LogP contribution in [0.1, 0.15) is 38.2 Å². The van der Waals surface area contributed by atoms with Gasteiger partial charge in [-0.3, -0.25) is 0 Å². The zero-order valence-corrected chi connectivity index (χ0v) is 14.2. The van der Waals surface area contributed by atoms with Crippen molar-refractivity contribution in [3.63, 3.8) is 0 Å². The molecule has 3 nitrogen and oxygen atoms in total. The van der Waals surface area contributed by atoms with E-state index in [1.807, 2.05) is 30.3 Å². The number of hydrogen-bond acceptors (Lipinski definition) is 3. The van der Waals surface area contributed by atoms with Crippen molar-refractivity contribution in [3.05, 3.63) is 59.7 Å². The van der Waals surface area contributed by atoms with Crippen molar-refractivity contribution in [1.82, 2.24) is 0 Å². The summed E-state index contributed by atoms with van der Waals surface area (Å²) < 4.78 is 0. The maximum atomic E-state index is 10.0. The van der Waals surface area contributed by atoms with Crippen LogP contribution >= 0.6 is 0 Å². The first-order valence-electron chi connectivity index (χ1n) is 8.51. The van der Waals surface area contributed by atoms with Gasteiger partial charge in [0.25, 0.3) is 0 Å². The minimum Gasteiger partial charge on any atom is -0.507 e. The van der Waals surface area contributed by atoms with Gasteiger partial charge in [0.2, 0.25) is 0 Å². The molecule has 0 spiro atoms. The summed E-state index contributed by atoms with van der Waals surface area (Å²) in [6.07, 6.45) is 8.32. The van der Waals surface area contributed by atoms with Crippen molar-refractivity contribution >= 4 is 16.8 Å². The molecule has 128 valence electrons. The molecule has 3 heteroatoms. The molecule has 0 radical (unpaired) electrons. The molecule has 24 heavy (non-hydrogen) atoms. The number of rotatable bonds is 8. The molecule has 2 rings (SSSR count). The average Bonchev–Trinajstić information content (AvgIpc) is 2.60. The van der Waals surface area contributed by atoms with E-state index in [9.17, 15) is 10.2 Å². The van der Waals surface area contributed by atoms with Crippen LogP contribution in [-0.2, 0) is 0 Å². The standard InChI is InChI=1S/C21H26O3/c1-2-6-16(10-12-18(23)7-5-14-22)15-17-11-13-21(24)20-9-4-3-8-19(17)20/h3-5,7-9,11,13,15,18,22-24H,2,6,10,12,14H2,1H3/b7-5-,16-15+/t18-/m0/s1. The molecule has 1 atom stereocenters. The van der Waals surface area contributed by atoms with Gasteiger partial charge >= 0.3 is 0 Å². The summed E-state index contributed by atoms with van der Waals surface area (Å²) in [5.74, 6) is 0.296. The summed E-state index contributed by atoms with van der Waals surface area (Å²) in [6.45, 7) is 2.10. The molecule has 0 aromatic heterocycles. The van der Waals surface area contributed by atoms with Gasteiger partial charge in [0.1, 0.15) is 5.75 Å². The molecule has 0 aliphatic carbocycles. The van der Waals surface area contributed by atoms with E-state index >= 15 is 0 Å². The lowest BCUT2D eigenvalue weighted by Gasteiger charge is -2.11. The third-order valence-electron chi connectivity index (χ3n) is 4.09. The number of phenols is 1. The highest BCUT2D eigenvalue weighted by molar-refractivity contribution is 5.94. The fourth-order valence-corrected chi connectivity index (χ4v) is 2.89. The Balaban J connectivity index is 2.24. The molecule has 2 aromatic rings. The number of aliphatic hydroxyl groups is 2. The maximum Gasteiger partial charge on any atom is 0.123 e. The largest absolute Gasteiger partial charge is 0.507 e. The van der Waals surface area contributed by atoms with Gasteiger partial charge in [0.15, 0.2) is 0 Å². The Kier molecular flexibility index (Phi) is 7.04. The van der Waals surface area contributed by atoms with Crippen LogP contribution in [0.15, 0.2) is 54.1 Å². The molecule has 0 aliphatic heterocycles. The lowest BCUT2D eigenvalue weighted by molar-refractivity contribution is 0.211.